The highest BCUT2D eigenvalue weighted by atomic mass is 19.4. The zero-order valence-electron chi connectivity index (χ0n) is 11.5. The highest BCUT2D eigenvalue weighted by Crippen LogP contribution is 2.32. The summed E-state index contributed by atoms with van der Waals surface area (Å²) in [6.07, 6.45) is 1.54. The molecule has 1 aromatic rings. The second kappa shape index (κ2) is 6.48. The van der Waals surface area contributed by atoms with Crippen LogP contribution in [0.15, 0.2) is 24.3 Å². The average molecular weight is 286 g/mol. The number of nitrogens with two attached hydrogens (primary N) is 1. The Kier molecular flexibility index (Phi) is 4.91. The summed E-state index contributed by atoms with van der Waals surface area (Å²) in [5.41, 5.74) is 5.89. The van der Waals surface area contributed by atoms with Gasteiger partial charge in [-0.3, -0.25) is 0 Å². The smallest absolute Gasteiger partial charge is 0.367 e. The third-order valence-corrected chi connectivity index (χ3v) is 3.91. The van der Waals surface area contributed by atoms with Crippen molar-refractivity contribution in [1.29, 1.82) is 0 Å². The molecular weight excluding hydrogens is 265 g/mol. The fraction of sp³-hybridized carbons (Fsp3) is 0.600. The van der Waals surface area contributed by atoms with Crippen molar-refractivity contribution in [1.82, 2.24) is 0 Å². The number of rotatable bonds is 4. The van der Waals surface area contributed by atoms with Crippen molar-refractivity contribution in [2.24, 2.45) is 5.73 Å². The van der Waals surface area contributed by atoms with E-state index in [0.717, 1.165) is 30.7 Å². The minimum absolute atomic E-state index is 0.407. The van der Waals surface area contributed by atoms with Gasteiger partial charge < -0.3 is 10.6 Å². The van der Waals surface area contributed by atoms with Gasteiger partial charge in [-0.15, -0.1) is 0 Å². The van der Waals surface area contributed by atoms with Crippen molar-refractivity contribution in [2.75, 3.05) is 18.0 Å². The minimum Gasteiger partial charge on any atom is -0.367 e. The van der Waals surface area contributed by atoms with E-state index < -0.39 is 11.7 Å². The topological polar surface area (TPSA) is 29.3 Å². The lowest BCUT2D eigenvalue weighted by molar-refractivity contribution is -0.137. The summed E-state index contributed by atoms with van der Waals surface area (Å²) in [4.78, 5) is 2.17. The van der Waals surface area contributed by atoms with Crippen molar-refractivity contribution in [3.8, 4) is 0 Å². The van der Waals surface area contributed by atoms with E-state index in [-0.39, 0.29) is 0 Å². The highest BCUT2D eigenvalue weighted by molar-refractivity contribution is 5.49. The van der Waals surface area contributed by atoms with Crippen molar-refractivity contribution in [2.45, 2.75) is 44.3 Å². The van der Waals surface area contributed by atoms with E-state index in [2.05, 4.69) is 4.90 Å². The number of alkyl halides is 3. The molecule has 112 valence electrons. The van der Waals surface area contributed by atoms with Gasteiger partial charge in [0.1, 0.15) is 0 Å². The molecule has 0 aliphatic heterocycles. The first-order chi connectivity index (χ1) is 9.52. The Hall–Kier alpha value is -1.23. The molecule has 0 bridgehead atoms. The van der Waals surface area contributed by atoms with E-state index >= 15 is 0 Å². The molecule has 2 N–H and O–H groups in total. The number of halogens is 3. The van der Waals surface area contributed by atoms with Crippen LogP contribution in [0.5, 0.6) is 0 Å². The summed E-state index contributed by atoms with van der Waals surface area (Å²) in [5, 5.41) is 0. The standard InChI is InChI=1S/C15H21F3N2/c16-15(17,18)12-6-8-14(9-7-12)20(11-10-19)13-4-2-1-3-5-13/h6-9,13H,1-5,10-11,19H2. The summed E-state index contributed by atoms with van der Waals surface area (Å²) >= 11 is 0. The van der Waals surface area contributed by atoms with Crippen LogP contribution >= 0.6 is 0 Å². The van der Waals surface area contributed by atoms with Crippen LogP contribution in [0.3, 0.4) is 0 Å². The number of hydrogen-bond acceptors (Lipinski definition) is 2. The second-order valence-corrected chi connectivity index (χ2v) is 5.32. The van der Waals surface area contributed by atoms with Gasteiger partial charge in [-0.05, 0) is 37.1 Å². The SMILES string of the molecule is NCCN(c1ccc(C(F)(F)F)cc1)C1CCCCC1. The molecule has 2 rings (SSSR count). The molecule has 0 unspecified atom stereocenters. The zero-order chi connectivity index (χ0) is 14.6. The summed E-state index contributed by atoms with van der Waals surface area (Å²) in [6, 6.07) is 5.84. The summed E-state index contributed by atoms with van der Waals surface area (Å²) in [6.45, 7) is 1.20. The van der Waals surface area contributed by atoms with E-state index in [1.807, 2.05) is 0 Å². The Morgan fingerprint density at radius 2 is 1.65 bits per heavy atom. The summed E-state index contributed by atoms with van der Waals surface area (Å²) < 4.78 is 37.8. The number of anilines is 1. The Balaban J connectivity index is 2.16. The van der Waals surface area contributed by atoms with Crippen LogP contribution in [-0.2, 0) is 6.18 Å². The lowest BCUT2D eigenvalue weighted by atomic mass is 9.93. The molecule has 1 aliphatic rings. The molecule has 1 aliphatic carbocycles. The molecule has 0 amide bonds. The fourth-order valence-electron chi connectivity index (χ4n) is 2.90. The van der Waals surface area contributed by atoms with Crippen LogP contribution < -0.4 is 10.6 Å². The van der Waals surface area contributed by atoms with Gasteiger partial charge in [-0.2, -0.15) is 13.2 Å². The van der Waals surface area contributed by atoms with Gasteiger partial charge in [0, 0.05) is 24.8 Å². The molecular formula is C15H21F3N2. The lowest BCUT2D eigenvalue weighted by Gasteiger charge is -2.36. The molecule has 0 atom stereocenters. The van der Waals surface area contributed by atoms with Crippen molar-refractivity contribution >= 4 is 5.69 Å². The van der Waals surface area contributed by atoms with Crippen molar-refractivity contribution < 1.29 is 13.2 Å². The largest absolute Gasteiger partial charge is 0.416 e. The third-order valence-electron chi connectivity index (χ3n) is 3.91. The van der Waals surface area contributed by atoms with Gasteiger partial charge in [0.25, 0.3) is 0 Å². The monoisotopic (exact) mass is 286 g/mol. The van der Waals surface area contributed by atoms with Gasteiger partial charge in [0.05, 0.1) is 5.56 Å². The predicted molar refractivity (Wildman–Crippen MR) is 74.7 cm³/mol. The molecule has 0 heterocycles. The Morgan fingerprint density at radius 3 is 2.15 bits per heavy atom. The molecule has 0 spiro atoms. The second-order valence-electron chi connectivity index (χ2n) is 5.32. The quantitative estimate of drug-likeness (QED) is 0.912. The number of nitrogens with zero attached hydrogens (tertiary/aromatic N) is 1. The first kappa shape index (κ1) is 15.2. The van der Waals surface area contributed by atoms with Crippen molar-refractivity contribution in [3.05, 3.63) is 29.8 Å². The minimum atomic E-state index is -4.28. The van der Waals surface area contributed by atoms with Crippen LogP contribution in [0.25, 0.3) is 0 Å². The van der Waals surface area contributed by atoms with E-state index in [9.17, 15) is 13.2 Å². The summed E-state index contributed by atoms with van der Waals surface area (Å²) in [5.74, 6) is 0. The maximum absolute atomic E-state index is 12.6. The molecule has 2 nitrogen and oxygen atoms in total. The predicted octanol–water partition coefficient (Wildman–Crippen LogP) is 3.80. The van der Waals surface area contributed by atoms with Crippen LogP contribution in [0.2, 0.25) is 0 Å². The van der Waals surface area contributed by atoms with E-state index in [0.29, 0.717) is 19.1 Å². The molecule has 0 saturated heterocycles. The number of benzene rings is 1. The Morgan fingerprint density at radius 1 is 1.05 bits per heavy atom. The van der Waals surface area contributed by atoms with Gasteiger partial charge in [-0.1, -0.05) is 19.3 Å². The van der Waals surface area contributed by atoms with Gasteiger partial charge in [-0.25, -0.2) is 0 Å². The normalized spacial score (nSPS) is 17.2. The highest BCUT2D eigenvalue weighted by Gasteiger charge is 2.30. The van der Waals surface area contributed by atoms with E-state index in [4.69, 9.17) is 5.73 Å². The van der Waals surface area contributed by atoms with E-state index in [1.165, 1.54) is 19.3 Å². The van der Waals surface area contributed by atoms with Crippen molar-refractivity contribution in [3.63, 3.8) is 0 Å². The first-order valence-electron chi connectivity index (χ1n) is 7.16. The molecule has 20 heavy (non-hydrogen) atoms. The zero-order valence-corrected chi connectivity index (χ0v) is 11.5. The van der Waals surface area contributed by atoms with E-state index in [1.54, 1.807) is 12.1 Å². The molecule has 5 heteroatoms. The molecule has 1 saturated carbocycles. The third kappa shape index (κ3) is 3.66. The van der Waals surface area contributed by atoms with Crippen LogP contribution in [0, 0.1) is 0 Å². The first-order valence-corrected chi connectivity index (χ1v) is 7.16. The maximum Gasteiger partial charge on any atom is 0.416 e. The van der Waals surface area contributed by atoms with Gasteiger partial charge >= 0.3 is 6.18 Å². The van der Waals surface area contributed by atoms with Crippen LogP contribution in [0.1, 0.15) is 37.7 Å². The van der Waals surface area contributed by atoms with Gasteiger partial charge in [0.15, 0.2) is 0 Å². The molecule has 1 aromatic carbocycles. The molecule has 0 radical (unpaired) electrons. The average Bonchev–Trinajstić information content (AvgIpc) is 2.45. The molecule has 1 fully saturated rings. The van der Waals surface area contributed by atoms with Crippen LogP contribution in [-0.4, -0.2) is 19.1 Å². The Bertz CT molecular complexity index is 408. The van der Waals surface area contributed by atoms with Gasteiger partial charge in [0.2, 0.25) is 0 Å². The lowest BCUT2D eigenvalue weighted by Crippen LogP contribution is -2.40. The maximum atomic E-state index is 12.6. The fourth-order valence-corrected chi connectivity index (χ4v) is 2.90. The number of hydrogen-bond donors (Lipinski definition) is 1. The summed E-state index contributed by atoms with van der Waals surface area (Å²) in [7, 11) is 0. The molecule has 0 aromatic heterocycles. The van der Waals surface area contributed by atoms with Crippen LogP contribution in [0.4, 0.5) is 18.9 Å². The Labute approximate surface area is 117 Å².